The van der Waals surface area contributed by atoms with Crippen LogP contribution in [-0.4, -0.2) is 30.8 Å². The maximum absolute atomic E-state index is 12.9. The molecule has 1 unspecified atom stereocenters. The third-order valence-corrected chi connectivity index (χ3v) is 2.32. The molecule has 1 aliphatic rings. The summed E-state index contributed by atoms with van der Waals surface area (Å²) >= 11 is 0. The van der Waals surface area contributed by atoms with Gasteiger partial charge in [0.05, 0.1) is 12.2 Å². The molecule has 5 heteroatoms. The number of aliphatic carboxylic acids is 1. The van der Waals surface area contributed by atoms with Crippen LogP contribution >= 0.6 is 0 Å². The van der Waals surface area contributed by atoms with Gasteiger partial charge in [0.25, 0.3) is 0 Å². The van der Waals surface area contributed by atoms with E-state index in [0.717, 1.165) is 0 Å². The topological polar surface area (TPSA) is 49.8 Å². The smallest absolute Gasteiger partial charge is 0.346 e. The minimum absolute atomic E-state index is 0.258. The van der Waals surface area contributed by atoms with Crippen molar-refractivity contribution in [1.82, 2.24) is 0 Å². The van der Waals surface area contributed by atoms with Crippen molar-refractivity contribution in [3.05, 3.63) is 24.0 Å². The van der Waals surface area contributed by atoms with E-state index in [1.165, 1.54) is 12.1 Å². The molecule has 2 rings (SSSR count). The molecule has 1 N–H and O–H groups in total. The fourth-order valence-electron chi connectivity index (χ4n) is 1.56. The molecule has 1 aliphatic heterocycles. The van der Waals surface area contributed by atoms with Crippen molar-refractivity contribution in [3.8, 4) is 5.75 Å². The summed E-state index contributed by atoms with van der Waals surface area (Å²) in [5.41, 5.74) is 0.703. The molecule has 0 amide bonds. The summed E-state index contributed by atoms with van der Waals surface area (Å²) in [6.07, 6.45) is -0.940. The van der Waals surface area contributed by atoms with Crippen molar-refractivity contribution in [2.45, 2.75) is 6.10 Å². The zero-order chi connectivity index (χ0) is 11.0. The first-order valence-electron chi connectivity index (χ1n) is 4.48. The summed E-state index contributed by atoms with van der Waals surface area (Å²) in [4.78, 5) is 12.5. The Hall–Kier alpha value is -1.78. The van der Waals surface area contributed by atoms with E-state index < -0.39 is 17.9 Å². The number of halogens is 1. The first-order chi connectivity index (χ1) is 7.08. The summed E-state index contributed by atoms with van der Waals surface area (Å²) in [6.45, 7) is 0.258. The largest absolute Gasteiger partial charge is 0.478 e. The van der Waals surface area contributed by atoms with Crippen LogP contribution < -0.4 is 9.64 Å². The fraction of sp³-hybridized carbons (Fsp3) is 0.300. The lowest BCUT2D eigenvalue weighted by Gasteiger charge is -2.31. The number of hydrogen-bond donors (Lipinski definition) is 1. The molecule has 1 atom stereocenters. The molecule has 1 heterocycles. The summed E-state index contributed by atoms with van der Waals surface area (Å²) in [6, 6.07) is 4.09. The van der Waals surface area contributed by atoms with Crippen LogP contribution in [0.3, 0.4) is 0 Å². The second-order valence-corrected chi connectivity index (χ2v) is 3.44. The highest BCUT2D eigenvalue weighted by Gasteiger charge is 2.28. The highest BCUT2D eigenvalue weighted by molar-refractivity contribution is 5.76. The molecule has 0 aliphatic carbocycles. The lowest BCUT2D eigenvalue weighted by atomic mass is 10.2. The maximum Gasteiger partial charge on any atom is 0.346 e. The predicted octanol–water partition coefficient (Wildman–Crippen LogP) is 1.11. The summed E-state index contributed by atoms with van der Waals surface area (Å²) in [5.74, 6) is -1.21. The molecule has 1 aromatic carbocycles. The molecule has 15 heavy (non-hydrogen) atoms. The van der Waals surface area contributed by atoms with Crippen LogP contribution in [0.15, 0.2) is 18.2 Å². The van der Waals surface area contributed by atoms with Gasteiger partial charge in [0.1, 0.15) is 11.6 Å². The van der Waals surface area contributed by atoms with Gasteiger partial charge in [-0.25, -0.2) is 9.18 Å². The molecule has 0 radical (unpaired) electrons. The summed E-state index contributed by atoms with van der Waals surface area (Å²) < 4.78 is 18.1. The van der Waals surface area contributed by atoms with Crippen molar-refractivity contribution in [1.29, 1.82) is 0 Å². The molecule has 80 valence electrons. The lowest BCUT2D eigenvalue weighted by Crippen LogP contribution is -2.42. The van der Waals surface area contributed by atoms with Crippen molar-refractivity contribution in [2.24, 2.45) is 0 Å². The van der Waals surface area contributed by atoms with Crippen molar-refractivity contribution in [3.63, 3.8) is 0 Å². The quantitative estimate of drug-likeness (QED) is 0.755. The Labute approximate surface area is 85.9 Å². The van der Waals surface area contributed by atoms with E-state index in [0.29, 0.717) is 5.69 Å². The van der Waals surface area contributed by atoms with E-state index in [1.54, 1.807) is 18.0 Å². The average molecular weight is 211 g/mol. The van der Waals surface area contributed by atoms with Gasteiger partial charge < -0.3 is 14.7 Å². The number of carboxylic acid groups (broad SMARTS) is 1. The number of carboxylic acids is 1. The molecule has 0 saturated carbocycles. The first kappa shape index (κ1) is 9.76. The van der Waals surface area contributed by atoms with Crippen molar-refractivity contribution >= 4 is 11.7 Å². The zero-order valence-corrected chi connectivity index (χ0v) is 8.11. The van der Waals surface area contributed by atoms with Gasteiger partial charge in [0, 0.05) is 13.1 Å². The van der Waals surface area contributed by atoms with Crippen LogP contribution in [0.5, 0.6) is 5.75 Å². The summed E-state index contributed by atoms with van der Waals surface area (Å²) in [7, 11) is 1.75. The number of benzene rings is 1. The number of ether oxygens (including phenoxy) is 1. The highest BCUT2D eigenvalue weighted by Crippen LogP contribution is 2.32. The Morgan fingerprint density at radius 2 is 2.40 bits per heavy atom. The number of likely N-dealkylation sites (N-methyl/N-ethyl adjacent to an activating group) is 1. The average Bonchev–Trinajstić information content (AvgIpc) is 2.16. The summed E-state index contributed by atoms with van der Waals surface area (Å²) in [5, 5.41) is 8.81. The first-order valence-corrected chi connectivity index (χ1v) is 4.48. The van der Waals surface area contributed by atoms with Crippen LogP contribution in [0.25, 0.3) is 0 Å². The molecule has 0 fully saturated rings. The molecule has 0 saturated heterocycles. The number of fused-ring (bicyclic) bond motifs is 1. The Kier molecular flexibility index (Phi) is 2.22. The maximum atomic E-state index is 12.9. The van der Waals surface area contributed by atoms with E-state index in [9.17, 15) is 9.18 Å². The van der Waals surface area contributed by atoms with Gasteiger partial charge >= 0.3 is 5.97 Å². The van der Waals surface area contributed by atoms with Crippen LogP contribution in [0.2, 0.25) is 0 Å². The molecule has 4 nitrogen and oxygen atoms in total. The molecule has 1 aromatic rings. The minimum Gasteiger partial charge on any atom is -0.478 e. The highest BCUT2D eigenvalue weighted by atomic mass is 19.1. The number of nitrogens with zero attached hydrogens (tertiary/aromatic N) is 1. The van der Waals surface area contributed by atoms with E-state index in [1.807, 2.05) is 0 Å². The lowest BCUT2D eigenvalue weighted by molar-refractivity contribution is -0.144. The van der Waals surface area contributed by atoms with Gasteiger partial charge in [-0.05, 0) is 12.1 Å². The number of carbonyl (C=O) groups is 1. The standard InChI is InChI=1S/C10H10FNO3/c1-12-5-9(10(13)14)15-8-4-6(11)2-3-7(8)12/h2-4,9H,5H2,1H3,(H,13,14). The number of rotatable bonds is 1. The van der Waals surface area contributed by atoms with Gasteiger partial charge in [-0.15, -0.1) is 0 Å². The van der Waals surface area contributed by atoms with Gasteiger partial charge in [0.2, 0.25) is 6.10 Å². The molecular formula is C10H10FNO3. The van der Waals surface area contributed by atoms with Gasteiger partial charge in [-0.3, -0.25) is 0 Å². The SMILES string of the molecule is CN1CC(C(=O)O)Oc2cc(F)ccc21. The van der Waals surface area contributed by atoms with Gasteiger partial charge in [-0.1, -0.05) is 0 Å². The third-order valence-electron chi connectivity index (χ3n) is 2.32. The normalized spacial score (nSPS) is 19.3. The Balaban J connectivity index is 2.37. The third kappa shape index (κ3) is 1.72. The van der Waals surface area contributed by atoms with E-state index >= 15 is 0 Å². The fourth-order valence-corrected chi connectivity index (χ4v) is 1.56. The van der Waals surface area contributed by atoms with E-state index in [-0.39, 0.29) is 12.3 Å². The van der Waals surface area contributed by atoms with Crippen LogP contribution in [-0.2, 0) is 4.79 Å². The van der Waals surface area contributed by atoms with Crippen molar-refractivity contribution in [2.75, 3.05) is 18.5 Å². The molecule has 0 aromatic heterocycles. The van der Waals surface area contributed by atoms with Gasteiger partial charge in [0.15, 0.2) is 0 Å². The molecule has 0 spiro atoms. The van der Waals surface area contributed by atoms with E-state index in [4.69, 9.17) is 9.84 Å². The number of hydrogen-bond acceptors (Lipinski definition) is 3. The second kappa shape index (κ2) is 3.42. The Morgan fingerprint density at radius 1 is 1.67 bits per heavy atom. The van der Waals surface area contributed by atoms with E-state index in [2.05, 4.69) is 0 Å². The van der Waals surface area contributed by atoms with Crippen LogP contribution in [0, 0.1) is 5.82 Å². The van der Waals surface area contributed by atoms with Crippen LogP contribution in [0.4, 0.5) is 10.1 Å². The Bertz CT molecular complexity index is 408. The molecular weight excluding hydrogens is 201 g/mol. The number of anilines is 1. The minimum atomic E-state index is -1.04. The second-order valence-electron chi connectivity index (χ2n) is 3.44. The molecule has 0 bridgehead atoms. The van der Waals surface area contributed by atoms with Crippen LogP contribution in [0.1, 0.15) is 0 Å². The van der Waals surface area contributed by atoms with Gasteiger partial charge in [-0.2, -0.15) is 0 Å². The monoisotopic (exact) mass is 211 g/mol. The predicted molar refractivity (Wildman–Crippen MR) is 51.7 cm³/mol. The van der Waals surface area contributed by atoms with Crippen molar-refractivity contribution < 1.29 is 19.0 Å². The zero-order valence-electron chi connectivity index (χ0n) is 8.11. The Morgan fingerprint density at radius 3 is 3.07 bits per heavy atom.